The number of nitrogens with two attached hydrogens (primary N) is 1. The van der Waals surface area contributed by atoms with Gasteiger partial charge in [-0.3, -0.25) is 0 Å². The topological polar surface area (TPSA) is 63.8 Å². The second kappa shape index (κ2) is 4.55. The predicted octanol–water partition coefficient (Wildman–Crippen LogP) is 3.11. The fraction of sp³-hybridized carbons (Fsp3) is 0. The van der Waals surface area contributed by atoms with Gasteiger partial charge in [-0.2, -0.15) is 0 Å². The van der Waals surface area contributed by atoms with Crippen molar-refractivity contribution in [3.8, 4) is 0 Å². The molecule has 0 unspecified atom stereocenters. The first kappa shape index (κ1) is 11.0. The monoisotopic (exact) mass is 254 g/mol. The van der Waals surface area contributed by atoms with Gasteiger partial charge >= 0.3 is 0 Å². The highest BCUT2D eigenvalue weighted by molar-refractivity contribution is 6.43. The van der Waals surface area contributed by atoms with Crippen LogP contribution in [0.25, 0.3) is 0 Å². The van der Waals surface area contributed by atoms with Gasteiger partial charge in [-0.25, -0.2) is 9.97 Å². The molecule has 0 bridgehead atoms. The van der Waals surface area contributed by atoms with E-state index in [1.807, 2.05) is 0 Å². The SMILES string of the molecule is Nc1cc(Nc2cccc(Cl)c2Cl)ncn1. The number of nitrogen functional groups attached to an aromatic ring is 1. The molecule has 6 heteroatoms. The summed E-state index contributed by atoms with van der Waals surface area (Å²) in [6.45, 7) is 0. The number of halogens is 2. The van der Waals surface area contributed by atoms with Crippen molar-refractivity contribution in [2.75, 3.05) is 11.1 Å². The number of aromatic nitrogens is 2. The molecular formula is C10H8Cl2N4. The Hall–Kier alpha value is -1.52. The van der Waals surface area contributed by atoms with Crippen LogP contribution in [0.2, 0.25) is 10.0 Å². The molecule has 4 nitrogen and oxygen atoms in total. The second-order valence-electron chi connectivity index (χ2n) is 3.05. The van der Waals surface area contributed by atoms with Crippen molar-refractivity contribution in [2.45, 2.75) is 0 Å². The lowest BCUT2D eigenvalue weighted by Gasteiger charge is -2.08. The van der Waals surface area contributed by atoms with E-state index in [9.17, 15) is 0 Å². The van der Waals surface area contributed by atoms with Crippen LogP contribution in [-0.2, 0) is 0 Å². The van der Waals surface area contributed by atoms with Gasteiger partial charge < -0.3 is 11.1 Å². The fourth-order valence-electron chi connectivity index (χ4n) is 1.18. The quantitative estimate of drug-likeness (QED) is 0.865. The van der Waals surface area contributed by atoms with Gasteiger partial charge in [-0.05, 0) is 12.1 Å². The normalized spacial score (nSPS) is 10.1. The molecule has 0 aliphatic carbocycles. The molecule has 0 radical (unpaired) electrons. The smallest absolute Gasteiger partial charge is 0.135 e. The molecule has 3 N–H and O–H groups in total. The molecule has 0 aliphatic heterocycles. The van der Waals surface area contributed by atoms with Gasteiger partial charge in [0, 0.05) is 6.07 Å². The summed E-state index contributed by atoms with van der Waals surface area (Å²) in [6, 6.07) is 6.91. The zero-order chi connectivity index (χ0) is 11.5. The van der Waals surface area contributed by atoms with Gasteiger partial charge in [0.15, 0.2) is 0 Å². The summed E-state index contributed by atoms with van der Waals surface area (Å²) in [4.78, 5) is 7.79. The molecule has 2 rings (SSSR count). The van der Waals surface area contributed by atoms with Crippen molar-refractivity contribution in [2.24, 2.45) is 0 Å². The Morgan fingerprint density at radius 3 is 2.75 bits per heavy atom. The van der Waals surface area contributed by atoms with E-state index < -0.39 is 0 Å². The third-order valence-electron chi connectivity index (χ3n) is 1.90. The van der Waals surface area contributed by atoms with Gasteiger partial charge in [0.1, 0.15) is 18.0 Å². The lowest BCUT2D eigenvalue weighted by atomic mass is 10.3. The first-order valence-corrected chi connectivity index (χ1v) is 5.21. The van der Waals surface area contributed by atoms with E-state index in [0.29, 0.717) is 27.4 Å². The standard InChI is InChI=1S/C10H8Cl2N4/c11-6-2-1-3-7(10(6)12)16-9-4-8(13)14-5-15-9/h1-5H,(H3,13,14,15,16). The fourth-order valence-corrected chi connectivity index (χ4v) is 1.53. The van der Waals surface area contributed by atoms with Crippen LogP contribution in [0.5, 0.6) is 0 Å². The lowest BCUT2D eigenvalue weighted by Crippen LogP contribution is -1.97. The molecule has 82 valence electrons. The molecule has 1 heterocycles. The second-order valence-corrected chi connectivity index (χ2v) is 3.84. The average Bonchev–Trinajstić information content (AvgIpc) is 2.25. The first-order chi connectivity index (χ1) is 7.66. The van der Waals surface area contributed by atoms with E-state index in [4.69, 9.17) is 28.9 Å². The molecule has 0 amide bonds. The summed E-state index contributed by atoms with van der Waals surface area (Å²) < 4.78 is 0. The minimum Gasteiger partial charge on any atom is -0.384 e. The number of hydrogen-bond acceptors (Lipinski definition) is 4. The summed E-state index contributed by atoms with van der Waals surface area (Å²) >= 11 is 11.9. The minimum atomic E-state index is 0.385. The number of nitrogens with one attached hydrogen (secondary N) is 1. The Bertz CT molecular complexity index is 516. The van der Waals surface area contributed by atoms with Crippen LogP contribution in [0, 0.1) is 0 Å². The van der Waals surface area contributed by atoms with Crippen molar-refractivity contribution in [1.82, 2.24) is 9.97 Å². The highest BCUT2D eigenvalue weighted by Gasteiger charge is 2.05. The summed E-state index contributed by atoms with van der Waals surface area (Å²) in [5, 5.41) is 3.93. The summed E-state index contributed by atoms with van der Waals surface area (Å²) in [5.41, 5.74) is 6.20. The number of anilines is 3. The van der Waals surface area contributed by atoms with Crippen molar-refractivity contribution in [3.05, 3.63) is 40.6 Å². The van der Waals surface area contributed by atoms with Crippen LogP contribution in [0.1, 0.15) is 0 Å². The molecule has 0 fully saturated rings. The Morgan fingerprint density at radius 1 is 1.19 bits per heavy atom. The van der Waals surface area contributed by atoms with Gasteiger partial charge in [-0.15, -0.1) is 0 Å². The molecule has 16 heavy (non-hydrogen) atoms. The van der Waals surface area contributed by atoms with Crippen molar-refractivity contribution >= 4 is 40.5 Å². The Morgan fingerprint density at radius 2 is 2.00 bits per heavy atom. The summed E-state index contributed by atoms with van der Waals surface area (Å²) in [5.74, 6) is 0.951. The van der Waals surface area contributed by atoms with Gasteiger partial charge in [0.25, 0.3) is 0 Å². The maximum atomic E-state index is 6.01. The molecule has 0 aliphatic rings. The number of hydrogen-bond donors (Lipinski definition) is 2. The van der Waals surface area contributed by atoms with Crippen molar-refractivity contribution in [1.29, 1.82) is 0 Å². The summed E-state index contributed by atoms with van der Waals surface area (Å²) in [7, 11) is 0. The van der Waals surface area contributed by atoms with Crippen molar-refractivity contribution < 1.29 is 0 Å². The molecule has 0 saturated heterocycles. The van der Waals surface area contributed by atoms with Crippen LogP contribution in [-0.4, -0.2) is 9.97 Å². The van der Waals surface area contributed by atoms with E-state index in [0.717, 1.165) is 0 Å². The number of benzene rings is 1. The van der Waals surface area contributed by atoms with E-state index in [1.165, 1.54) is 6.33 Å². The molecule has 1 aromatic carbocycles. The van der Waals surface area contributed by atoms with E-state index in [1.54, 1.807) is 24.3 Å². The van der Waals surface area contributed by atoms with E-state index >= 15 is 0 Å². The lowest BCUT2D eigenvalue weighted by molar-refractivity contribution is 1.18. The van der Waals surface area contributed by atoms with E-state index in [2.05, 4.69) is 15.3 Å². The molecular weight excluding hydrogens is 247 g/mol. The van der Waals surface area contributed by atoms with Gasteiger partial charge in [0.2, 0.25) is 0 Å². The Kier molecular flexibility index (Phi) is 3.12. The summed E-state index contributed by atoms with van der Waals surface area (Å²) in [6.07, 6.45) is 1.37. The Balaban J connectivity index is 2.31. The average molecular weight is 255 g/mol. The highest BCUT2D eigenvalue weighted by Crippen LogP contribution is 2.31. The highest BCUT2D eigenvalue weighted by atomic mass is 35.5. The van der Waals surface area contributed by atoms with Crippen LogP contribution < -0.4 is 11.1 Å². The zero-order valence-electron chi connectivity index (χ0n) is 8.11. The van der Waals surface area contributed by atoms with Crippen molar-refractivity contribution in [3.63, 3.8) is 0 Å². The number of rotatable bonds is 2. The maximum absolute atomic E-state index is 6.01. The van der Waals surface area contributed by atoms with Crippen LogP contribution in [0.15, 0.2) is 30.6 Å². The molecule has 0 spiro atoms. The first-order valence-electron chi connectivity index (χ1n) is 4.45. The molecule has 0 atom stereocenters. The number of nitrogens with zero attached hydrogens (tertiary/aromatic N) is 2. The minimum absolute atomic E-state index is 0.385. The predicted molar refractivity (Wildman–Crippen MR) is 66.2 cm³/mol. The van der Waals surface area contributed by atoms with Crippen LogP contribution in [0.4, 0.5) is 17.3 Å². The largest absolute Gasteiger partial charge is 0.384 e. The maximum Gasteiger partial charge on any atom is 0.135 e. The molecule has 1 aromatic heterocycles. The van der Waals surface area contributed by atoms with Gasteiger partial charge in [0.05, 0.1) is 15.7 Å². The van der Waals surface area contributed by atoms with Crippen LogP contribution in [0.3, 0.4) is 0 Å². The van der Waals surface area contributed by atoms with E-state index in [-0.39, 0.29) is 0 Å². The molecule has 2 aromatic rings. The Labute approximate surface area is 102 Å². The molecule has 0 saturated carbocycles. The third kappa shape index (κ3) is 2.35. The van der Waals surface area contributed by atoms with Gasteiger partial charge in [-0.1, -0.05) is 29.3 Å². The zero-order valence-corrected chi connectivity index (χ0v) is 9.63. The van der Waals surface area contributed by atoms with Crippen LogP contribution >= 0.6 is 23.2 Å². The third-order valence-corrected chi connectivity index (χ3v) is 2.72.